The van der Waals surface area contributed by atoms with Crippen molar-refractivity contribution < 1.29 is 27.9 Å². The Labute approximate surface area is 202 Å². The highest BCUT2D eigenvalue weighted by Gasteiger charge is 2.30. The highest BCUT2D eigenvalue weighted by Crippen LogP contribution is 2.35. The van der Waals surface area contributed by atoms with Crippen LogP contribution >= 0.6 is 0 Å². The van der Waals surface area contributed by atoms with Gasteiger partial charge in [0, 0.05) is 43.1 Å². The Morgan fingerprint density at radius 1 is 0.886 bits per heavy atom. The lowest BCUT2D eigenvalue weighted by atomic mass is 9.86. The van der Waals surface area contributed by atoms with Crippen molar-refractivity contribution in [2.45, 2.75) is 31.9 Å². The van der Waals surface area contributed by atoms with Crippen LogP contribution in [0.2, 0.25) is 0 Å². The van der Waals surface area contributed by atoms with E-state index in [0.29, 0.717) is 42.8 Å². The molecule has 0 bridgehead atoms. The molecule has 0 atom stereocenters. The first-order valence-electron chi connectivity index (χ1n) is 11.7. The third-order valence-electron chi connectivity index (χ3n) is 6.52. The number of allylic oxidation sites excluding steroid dienone is 1. The maximum atomic E-state index is 13.1. The fourth-order valence-corrected chi connectivity index (χ4v) is 4.65. The summed E-state index contributed by atoms with van der Waals surface area (Å²) in [6, 6.07) is 12.5. The fourth-order valence-electron chi connectivity index (χ4n) is 4.65. The maximum Gasteiger partial charge on any atom is 0.416 e. The van der Waals surface area contributed by atoms with Crippen molar-refractivity contribution in [3.05, 3.63) is 65.2 Å². The van der Waals surface area contributed by atoms with E-state index >= 15 is 0 Å². The van der Waals surface area contributed by atoms with E-state index in [0.717, 1.165) is 49.3 Å². The molecule has 0 spiro atoms. The van der Waals surface area contributed by atoms with Crippen LogP contribution in [0.5, 0.6) is 0 Å². The Bertz CT molecular complexity index is 1090. The van der Waals surface area contributed by atoms with Crippen LogP contribution in [0.3, 0.4) is 0 Å². The molecule has 1 heterocycles. The van der Waals surface area contributed by atoms with Crippen molar-refractivity contribution in [1.82, 2.24) is 4.90 Å². The van der Waals surface area contributed by atoms with Crippen molar-refractivity contribution >= 4 is 28.8 Å². The number of hydrogen-bond donors (Lipinski definition) is 2. The number of alkyl halides is 3. The number of aliphatic carboxylic acids is 1. The second-order valence-corrected chi connectivity index (χ2v) is 8.90. The molecule has 2 aliphatic rings. The quantitative estimate of drug-likeness (QED) is 0.608. The van der Waals surface area contributed by atoms with Gasteiger partial charge >= 0.3 is 12.1 Å². The molecular formula is C26H28F3N3O3. The summed E-state index contributed by atoms with van der Waals surface area (Å²) in [7, 11) is 0. The summed E-state index contributed by atoms with van der Waals surface area (Å²) in [4.78, 5) is 28.0. The number of nitrogens with one attached hydrogen (secondary N) is 1. The molecule has 0 saturated carbocycles. The number of anilines is 2. The standard InChI is InChI=1S/C26H28F3N3O3/c27-26(28,29)19-7-5-18(6-8-19)22-3-1-2-4-23(22)25(35)30-20-9-11-21(12-10-20)32-15-13-31(14-16-32)17-24(33)34/h5-12H,1-4,13-17H2,(H,30,35)(H,33,34). The van der Waals surface area contributed by atoms with Gasteiger partial charge in [0.25, 0.3) is 5.91 Å². The molecule has 0 radical (unpaired) electrons. The lowest BCUT2D eigenvalue weighted by Gasteiger charge is -2.35. The number of carboxylic acid groups (broad SMARTS) is 1. The van der Waals surface area contributed by atoms with Crippen molar-refractivity contribution in [3.8, 4) is 0 Å². The first-order chi connectivity index (χ1) is 16.7. The van der Waals surface area contributed by atoms with Crippen LogP contribution < -0.4 is 10.2 Å². The van der Waals surface area contributed by atoms with E-state index in [4.69, 9.17) is 5.11 Å². The predicted molar refractivity (Wildman–Crippen MR) is 128 cm³/mol. The van der Waals surface area contributed by atoms with Crippen LogP contribution in [0.25, 0.3) is 5.57 Å². The molecule has 1 aliphatic carbocycles. The van der Waals surface area contributed by atoms with E-state index in [2.05, 4.69) is 10.2 Å². The SMILES string of the molecule is O=C(O)CN1CCN(c2ccc(NC(=O)C3=C(c4ccc(C(F)(F)F)cc4)CCCC3)cc2)CC1. The molecule has 0 unspecified atom stereocenters. The van der Waals surface area contributed by atoms with Gasteiger partial charge < -0.3 is 15.3 Å². The molecule has 1 amide bonds. The van der Waals surface area contributed by atoms with E-state index in [1.807, 2.05) is 29.2 Å². The average molecular weight is 488 g/mol. The fraction of sp³-hybridized carbons (Fsp3) is 0.385. The van der Waals surface area contributed by atoms with Gasteiger partial charge in [-0.1, -0.05) is 12.1 Å². The first kappa shape index (κ1) is 24.8. The van der Waals surface area contributed by atoms with Gasteiger partial charge in [-0.2, -0.15) is 13.2 Å². The first-order valence-corrected chi connectivity index (χ1v) is 11.7. The van der Waals surface area contributed by atoms with Crippen LogP contribution in [-0.4, -0.2) is 54.6 Å². The molecule has 1 aliphatic heterocycles. The molecular weight excluding hydrogens is 459 g/mol. The van der Waals surface area contributed by atoms with Gasteiger partial charge in [0.2, 0.25) is 0 Å². The number of benzene rings is 2. The molecule has 0 aromatic heterocycles. The number of halogens is 3. The summed E-state index contributed by atoms with van der Waals surface area (Å²) in [6.07, 6.45) is -1.40. The predicted octanol–water partition coefficient (Wildman–Crippen LogP) is 4.88. The van der Waals surface area contributed by atoms with Gasteiger partial charge in [-0.25, -0.2) is 0 Å². The van der Waals surface area contributed by atoms with Gasteiger partial charge in [0.05, 0.1) is 12.1 Å². The number of amides is 1. The molecule has 2 aromatic carbocycles. The number of carboxylic acids is 1. The summed E-state index contributed by atoms with van der Waals surface area (Å²) < 4.78 is 38.7. The van der Waals surface area contributed by atoms with Crippen LogP contribution in [0.4, 0.5) is 24.5 Å². The lowest BCUT2D eigenvalue weighted by molar-refractivity contribution is -0.139. The topological polar surface area (TPSA) is 72.9 Å². The number of carbonyl (C=O) groups is 2. The summed E-state index contributed by atoms with van der Waals surface area (Å²) in [5.74, 6) is -1.05. The van der Waals surface area contributed by atoms with E-state index in [-0.39, 0.29) is 12.5 Å². The summed E-state index contributed by atoms with van der Waals surface area (Å²) in [5.41, 5.74) is 3.02. The summed E-state index contributed by atoms with van der Waals surface area (Å²) >= 11 is 0. The van der Waals surface area contributed by atoms with E-state index < -0.39 is 17.7 Å². The zero-order chi connectivity index (χ0) is 25.0. The van der Waals surface area contributed by atoms with E-state index in [1.54, 1.807) is 0 Å². The molecule has 2 aromatic rings. The minimum absolute atomic E-state index is 0.0448. The highest BCUT2D eigenvalue weighted by molar-refractivity contribution is 6.09. The normalized spacial score (nSPS) is 17.4. The van der Waals surface area contributed by atoms with Gasteiger partial charge in [-0.15, -0.1) is 0 Å². The largest absolute Gasteiger partial charge is 0.480 e. The molecule has 9 heteroatoms. The number of hydrogen-bond acceptors (Lipinski definition) is 4. The second kappa shape index (κ2) is 10.5. The Hall–Kier alpha value is -3.33. The second-order valence-electron chi connectivity index (χ2n) is 8.90. The van der Waals surface area contributed by atoms with Gasteiger partial charge in [-0.05, 0) is 73.2 Å². The van der Waals surface area contributed by atoms with Gasteiger partial charge in [0.15, 0.2) is 0 Å². The molecule has 6 nitrogen and oxygen atoms in total. The van der Waals surface area contributed by atoms with E-state index in [1.165, 1.54) is 12.1 Å². The molecule has 186 valence electrons. The van der Waals surface area contributed by atoms with Gasteiger partial charge in [0.1, 0.15) is 0 Å². The maximum absolute atomic E-state index is 13.1. The Morgan fingerprint density at radius 3 is 2.11 bits per heavy atom. The zero-order valence-electron chi connectivity index (χ0n) is 19.3. The third kappa shape index (κ3) is 6.22. The van der Waals surface area contributed by atoms with Crippen molar-refractivity contribution in [2.24, 2.45) is 0 Å². The minimum atomic E-state index is -4.39. The molecule has 1 fully saturated rings. The van der Waals surface area contributed by atoms with Crippen molar-refractivity contribution in [3.63, 3.8) is 0 Å². The Kier molecular flexibility index (Phi) is 7.45. The number of nitrogens with zero attached hydrogens (tertiary/aromatic N) is 2. The monoisotopic (exact) mass is 487 g/mol. The molecule has 4 rings (SSSR count). The van der Waals surface area contributed by atoms with Crippen LogP contribution in [0, 0.1) is 0 Å². The minimum Gasteiger partial charge on any atom is -0.480 e. The molecule has 1 saturated heterocycles. The van der Waals surface area contributed by atoms with Crippen molar-refractivity contribution in [1.29, 1.82) is 0 Å². The summed E-state index contributed by atoms with van der Waals surface area (Å²) in [6.45, 7) is 2.84. The summed E-state index contributed by atoms with van der Waals surface area (Å²) in [5, 5.41) is 11.9. The van der Waals surface area contributed by atoms with Crippen LogP contribution in [0.1, 0.15) is 36.8 Å². The van der Waals surface area contributed by atoms with Crippen LogP contribution in [0.15, 0.2) is 54.1 Å². The lowest BCUT2D eigenvalue weighted by Crippen LogP contribution is -2.47. The van der Waals surface area contributed by atoms with Crippen molar-refractivity contribution in [2.75, 3.05) is 42.9 Å². The Balaban J connectivity index is 1.42. The molecule has 35 heavy (non-hydrogen) atoms. The third-order valence-corrected chi connectivity index (χ3v) is 6.52. The number of carbonyl (C=O) groups excluding carboxylic acids is 1. The Morgan fingerprint density at radius 2 is 1.51 bits per heavy atom. The van der Waals surface area contributed by atoms with Gasteiger partial charge in [-0.3, -0.25) is 14.5 Å². The number of piperazine rings is 1. The van der Waals surface area contributed by atoms with E-state index in [9.17, 15) is 22.8 Å². The van der Waals surface area contributed by atoms with Crippen LogP contribution in [-0.2, 0) is 15.8 Å². The molecule has 2 N–H and O–H groups in total. The highest BCUT2D eigenvalue weighted by atomic mass is 19.4. The smallest absolute Gasteiger partial charge is 0.416 e. The number of rotatable bonds is 6. The average Bonchev–Trinajstić information content (AvgIpc) is 2.84. The zero-order valence-corrected chi connectivity index (χ0v) is 19.3.